The van der Waals surface area contributed by atoms with Crippen molar-refractivity contribution in [1.82, 2.24) is 20.0 Å². The lowest BCUT2D eigenvalue weighted by Crippen LogP contribution is -2.55. The number of rotatable bonds is 2. The van der Waals surface area contributed by atoms with E-state index in [-0.39, 0.29) is 30.3 Å². The molecule has 4 heterocycles. The number of likely N-dealkylation sites (tertiary alicyclic amines) is 1. The number of benzene rings is 1. The summed E-state index contributed by atoms with van der Waals surface area (Å²) in [6, 6.07) is 3.14. The van der Waals surface area contributed by atoms with E-state index < -0.39 is 29.4 Å². The van der Waals surface area contributed by atoms with Crippen molar-refractivity contribution in [2.24, 2.45) is 5.41 Å². The highest BCUT2D eigenvalue weighted by atomic mass is 16.6. The minimum Gasteiger partial charge on any atom is -0.444 e. The molecule has 5 aliphatic rings. The predicted octanol–water partition coefficient (Wildman–Crippen LogP) is 2.58. The number of nitrogens with zero attached hydrogens (tertiary/aromatic N) is 3. The third kappa shape index (κ3) is 4.19. The van der Waals surface area contributed by atoms with Gasteiger partial charge in [0.1, 0.15) is 11.6 Å². The van der Waals surface area contributed by atoms with Crippen molar-refractivity contribution in [1.29, 1.82) is 0 Å². The quantitative estimate of drug-likeness (QED) is 0.594. The van der Waals surface area contributed by atoms with E-state index in [0.29, 0.717) is 17.2 Å². The number of nitrogens with one attached hydrogen (secondary N) is 1. The first-order valence-corrected chi connectivity index (χ1v) is 13.5. The zero-order chi connectivity index (χ0) is 27.0. The van der Waals surface area contributed by atoms with Gasteiger partial charge in [0.15, 0.2) is 0 Å². The lowest BCUT2D eigenvalue weighted by atomic mass is 9.60. The van der Waals surface area contributed by atoms with Gasteiger partial charge in [-0.3, -0.25) is 34.3 Å². The van der Waals surface area contributed by atoms with Gasteiger partial charge in [0.05, 0.1) is 11.1 Å². The van der Waals surface area contributed by atoms with Crippen LogP contribution in [0.15, 0.2) is 12.1 Å². The Hall–Kier alpha value is -3.27. The van der Waals surface area contributed by atoms with Gasteiger partial charge >= 0.3 is 6.09 Å². The summed E-state index contributed by atoms with van der Waals surface area (Å²) in [5.41, 5.74) is 2.58. The van der Waals surface area contributed by atoms with Crippen molar-refractivity contribution in [3.8, 4) is 0 Å². The zero-order valence-electron chi connectivity index (χ0n) is 22.2. The van der Waals surface area contributed by atoms with Gasteiger partial charge in [0.25, 0.3) is 11.8 Å². The van der Waals surface area contributed by atoms with E-state index in [0.717, 1.165) is 67.9 Å². The summed E-state index contributed by atoms with van der Waals surface area (Å²) in [6.45, 7) is 8.56. The second kappa shape index (κ2) is 8.62. The number of hydrogen-bond acceptors (Lipinski definition) is 7. The van der Waals surface area contributed by atoms with Gasteiger partial charge < -0.3 is 9.64 Å². The second-order valence-electron chi connectivity index (χ2n) is 12.5. The van der Waals surface area contributed by atoms with E-state index in [1.165, 1.54) is 0 Å². The number of carbonyl (C=O) groups is 5. The van der Waals surface area contributed by atoms with E-state index in [2.05, 4.69) is 10.2 Å². The van der Waals surface area contributed by atoms with Crippen LogP contribution in [0.5, 0.6) is 0 Å². The smallest absolute Gasteiger partial charge is 0.410 e. The van der Waals surface area contributed by atoms with E-state index in [4.69, 9.17) is 4.74 Å². The summed E-state index contributed by atoms with van der Waals surface area (Å²) >= 11 is 0. The maximum Gasteiger partial charge on any atom is 0.410 e. The van der Waals surface area contributed by atoms with Gasteiger partial charge in [-0.05, 0) is 81.5 Å². The first-order valence-electron chi connectivity index (χ1n) is 13.5. The first-order chi connectivity index (χ1) is 17.9. The number of piperidine rings is 2. The number of hydrogen-bond donors (Lipinski definition) is 1. The standard InChI is InChI=1S/C28H34N4O6/c1-27(2,3)38-26(37)30-8-6-28(7-9-30)12-18(13-28)31-14-16-10-19-20(11-17(16)15-31)25(36)32(24(19)35)21-4-5-22(33)29-23(21)34/h10-11,18,21H,4-9,12-15H2,1-3H3,(H,29,33,34). The highest BCUT2D eigenvalue weighted by Gasteiger charge is 2.50. The van der Waals surface area contributed by atoms with Gasteiger partial charge in [-0.15, -0.1) is 0 Å². The Bertz CT molecular complexity index is 1210. The van der Waals surface area contributed by atoms with Crippen LogP contribution >= 0.6 is 0 Å². The number of amides is 5. The second-order valence-corrected chi connectivity index (χ2v) is 12.5. The van der Waals surface area contributed by atoms with Crippen LogP contribution in [0.4, 0.5) is 4.79 Å². The zero-order valence-corrected chi connectivity index (χ0v) is 22.2. The molecule has 0 bridgehead atoms. The lowest BCUT2D eigenvalue weighted by molar-refractivity contribution is -0.136. The Morgan fingerprint density at radius 1 is 0.974 bits per heavy atom. The van der Waals surface area contributed by atoms with E-state index in [1.54, 1.807) is 0 Å². The minimum atomic E-state index is -0.945. The van der Waals surface area contributed by atoms with Gasteiger partial charge in [0, 0.05) is 38.6 Å². The Morgan fingerprint density at radius 2 is 1.55 bits per heavy atom. The molecular formula is C28H34N4O6. The third-order valence-electron chi connectivity index (χ3n) is 8.84. The van der Waals surface area contributed by atoms with Crippen LogP contribution in [0.2, 0.25) is 0 Å². The summed E-state index contributed by atoms with van der Waals surface area (Å²) < 4.78 is 5.53. The molecule has 0 aromatic heterocycles. The summed E-state index contributed by atoms with van der Waals surface area (Å²) in [5, 5.41) is 2.24. The van der Waals surface area contributed by atoms with E-state index in [9.17, 15) is 24.0 Å². The normalized spacial score (nSPS) is 25.4. The van der Waals surface area contributed by atoms with Crippen molar-refractivity contribution >= 4 is 29.7 Å². The van der Waals surface area contributed by atoms with Crippen LogP contribution in [0, 0.1) is 5.41 Å². The molecule has 10 nitrogen and oxygen atoms in total. The molecule has 202 valence electrons. The number of carbonyl (C=O) groups excluding carboxylic acids is 5. The van der Waals surface area contributed by atoms with Crippen LogP contribution in [-0.4, -0.2) is 75.2 Å². The molecule has 1 aliphatic carbocycles. The third-order valence-corrected chi connectivity index (χ3v) is 8.84. The SMILES string of the molecule is CC(C)(C)OC(=O)N1CCC2(CC1)CC(N1Cc3cc4c(cc3C1)C(=O)N(C1CCC(=O)NC1=O)C4=O)C2. The molecule has 3 fully saturated rings. The van der Waals surface area contributed by atoms with Gasteiger partial charge in [-0.25, -0.2) is 4.79 Å². The van der Waals surface area contributed by atoms with Gasteiger partial charge in [-0.1, -0.05) is 0 Å². The van der Waals surface area contributed by atoms with E-state index >= 15 is 0 Å². The van der Waals surface area contributed by atoms with E-state index in [1.807, 2.05) is 37.8 Å². The molecule has 38 heavy (non-hydrogen) atoms. The molecule has 1 N–H and O–H groups in total. The molecule has 6 rings (SSSR count). The van der Waals surface area contributed by atoms with Crippen molar-refractivity contribution in [3.05, 3.63) is 34.4 Å². The van der Waals surface area contributed by atoms with Gasteiger partial charge in [-0.2, -0.15) is 0 Å². The maximum atomic E-state index is 13.2. The summed E-state index contributed by atoms with van der Waals surface area (Å²) in [7, 11) is 0. The molecule has 5 amide bonds. The highest BCUT2D eigenvalue weighted by Crippen LogP contribution is 2.52. The number of ether oxygens (including phenoxy) is 1. The Labute approximate surface area is 221 Å². The van der Waals surface area contributed by atoms with Crippen LogP contribution in [0.25, 0.3) is 0 Å². The van der Waals surface area contributed by atoms with Crippen LogP contribution in [-0.2, 0) is 27.4 Å². The average Bonchev–Trinajstić information content (AvgIpc) is 3.34. The summed E-state index contributed by atoms with van der Waals surface area (Å²) in [6.07, 6.45) is 4.17. The minimum absolute atomic E-state index is 0.108. The Morgan fingerprint density at radius 3 is 2.08 bits per heavy atom. The van der Waals surface area contributed by atoms with Gasteiger partial charge in [0.2, 0.25) is 11.8 Å². The average molecular weight is 523 g/mol. The molecular weight excluding hydrogens is 488 g/mol. The molecule has 2 saturated heterocycles. The molecule has 1 aromatic carbocycles. The molecule has 1 spiro atoms. The number of imide groups is 2. The molecule has 1 unspecified atom stereocenters. The molecule has 4 aliphatic heterocycles. The number of fused-ring (bicyclic) bond motifs is 2. The lowest BCUT2D eigenvalue weighted by Gasteiger charge is -2.54. The fraction of sp³-hybridized carbons (Fsp3) is 0.607. The Balaban J connectivity index is 1.07. The highest BCUT2D eigenvalue weighted by molar-refractivity contribution is 6.23. The fourth-order valence-corrected chi connectivity index (χ4v) is 6.75. The van der Waals surface area contributed by atoms with Crippen molar-refractivity contribution in [2.75, 3.05) is 13.1 Å². The Kier molecular flexibility index (Phi) is 5.68. The molecule has 1 saturated carbocycles. The molecule has 0 radical (unpaired) electrons. The predicted molar refractivity (Wildman–Crippen MR) is 135 cm³/mol. The molecule has 10 heteroatoms. The summed E-state index contributed by atoms with van der Waals surface area (Å²) in [4.78, 5) is 67.8. The monoisotopic (exact) mass is 522 g/mol. The molecule has 1 aromatic rings. The largest absolute Gasteiger partial charge is 0.444 e. The van der Waals surface area contributed by atoms with Crippen LogP contribution < -0.4 is 5.32 Å². The van der Waals surface area contributed by atoms with Crippen molar-refractivity contribution < 1.29 is 28.7 Å². The topological polar surface area (TPSA) is 116 Å². The van der Waals surface area contributed by atoms with Crippen molar-refractivity contribution in [2.45, 2.75) is 90.1 Å². The fourth-order valence-electron chi connectivity index (χ4n) is 6.75. The van der Waals surface area contributed by atoms with Crippen LogP contribution in [0.3, 0.4) is 0 Å². The maximum absolute atomic E-state index is 13.2. The first kappa shape index (κ1) is 25.0. The van der Waals surface area contributed by atoms with Crippen LogP contribution in [0.1, 0.15) is 91.1 Å². The van der Waals surface area contributed by atoms with Crippen molar-refractivity contribution in [3.63, 3.8) is 0 Å². The summed E-state index contributed by atoms with van der Waals surface area (Å²) in [5.74, 6) is -1.89. The molecule has 1 atom stereocenters.